The Hall–Kier alpha value is 0.748. The van der Waals surface area contributed by atoms with Crippen molar-refractivity contribution in [3.05, 3.63) is 0 Å². The third-order valence-electron chi connectivity index (χ3n) is 5.08. The smallest absolute Gasteiger partial charge is 0.298 e. The molecule has 21 heavy (non-hydrogen) atoms. The molecule has 0 N–H and O–H groups in total. The highest BCUT2D eigenvalue weighted by molar-refractivity contribution is 6.82. The third kappa shape index (κ3) is 6.80. The molecule has 0 aliphatic heterocycles. The highest BCUT2D eigenvalue weighted by Gasteiger charge is 2.34. The first-order valence-corrected chi connectivity index (χ1v) is 18.1. The zero-order valence-electron chi connectivity index (χ0n) is 15.6. The van der Waals surface area contributed by atoms with Crippen LogP contribution in [0.4, 0.5) is 0 Å². The molecular weight excluding hydrogens is 328 g/mol. The molecule has 0 bridgehead atoms. The van der Waals surface area contributed by atoms with Gasteiger partial charge < -0.3 is 12.3 Å². The normalized spacial score (nSPS) is 16.0. The van der Waals surface area contributed by atoms with E-state index in [0.717, 1.165) is 0 Å². The van der Waals surface area contributed by atoms with Gasteiger partial charge in [-0.3, -0.25) is 0 Å². The Morgan fingerprint density at radius 3 is 1.00 bits per heavy atom. The van der Waals surface area contributed by atoms with Crippen LogP contribution in [-0.4, -0.2) is 35.2 Å². The van der Waals surface area contributed by atoms with Crippen LogP contribution in [0.2, 0.25) is 49.4 Å². The van der Waals surface area contributed by atoms with Crippen LogP contribution in [0.1, 0.15) is 41.5 Å². The van der Waals surface area contributed by atoms with Gasteiger partial charge in [0, 0.05) is 0 Å². The molecule has 0 aromatic rings. The molecule has 7 heteroatoms. The Morgan fingerprint density at radius 1 is 0.571 bits per heavy atom. The predicted molar refractivity (Wildman–Crippen MR) is 104 cm³/mol. The van der Waals surface area contributed by atoms with Crippen molar-refractivity contribution >= 4 is 35.2 Å². The van der Waals surface area contributed by atoms with Crippen molar-refractivity contribution in [1.82, 2.24) is 0 Å². The van der Waals surface area contributed by atoms with Gasteiger partial charge >= 0.3 is 0 Å². The largest absolute Gasteiger partial charge is 0.438 e. The second-order valence-corrected chi connectivity index (χ2v) is 20.2. The van der Waals surface area contributed by atoms with Crippen LogP contribution in [0, 0.1) is 0 Å². The lowest BCUT2D eigenvalue weighted by Gasteiger charge is -2.35. The molecular formula is C14H38O3Si4. The average Bonchev–Trinajstić information content (AvgIpc) is 2.50. The first kappa shape index (κ1) is 21.7. The minimum Gasteiger partial charge on any atom is -0.438 e. The van der Waals surface area contributed by atoms with Gasteiger partial charge in [-0.1, -0.05) is 41.5 Å². The standard InChI is InChI=1S/C14H38O3Si4/c1-9-20(10-2,11-3)16-18(7)15-19(8)17-21(12-4,13-5)14-6/h18-19H,9-14H2,1-8H3. The van der Waals surface area contributed by atoms with E-state index in [9.17, 15) is 0 Å². The summed E-state index contributed by atoms with van der Waals surface area (Å²) in [6.07, 6.45) is 0. The summed E-state index contributed by atoms with van der Waals surface area (Å²) in [6.45, 7) is 18.1. The van der Waals surface area contributed by atoms with Crippen molar-refractivity contribution < 1.29 is 12.3 Å². The molecule has 0 spiro atoms. The Morgan fingerprint density at radius 2 is 0.810 bits per heavy atom. The van der Waals surface area contributed by atoms with E-state index < -0.39 is 35.2 Å². The van der Waals surface area contributed by atoms with Crippen LogP contribution in [-0.2, 0) is 12.3 Å². The molecule has 0 aliphatic carbocycles. The fourth-order valence-electron chi connectivity index (χ4n) is 3.03. The fourth-order valence-corrected chi connectivity index (χ4v) is 19.3. The Kier molecular flexibility index (Phi) is 10.9. The molecule has 0 fully saturated rings. The summed E-state index contributed by atoms with van der Waals surface area (Å²) < 4.78 is 19.3. The lowest BCUT2D eigenvalue weighted by atomic mass is 10.9. The first-order valence-electron chi connectivity index (χ1n) is 8.87. The number of rotatable bonds is 12. The second kappa shape index (κ2) is 10.5. The van der Waals surface area contributed by atoms with E-state index >= 15 is 0 Å². The van der Waals surface area contributed by atoms with Crippen molar-refractivity contribution in [2.75, 3.05) is 0 Å². The summed E-state index contributed by atoms with van der Waals surface area (Å²) in [5.41, 5.74) is 0. The van der Waals surface area contributed by atoms with Gasteiger partial charge in [-0.15, -0.1) is 0 Å². The van der Waals surface area contributed by atoms with E-state index in [1.165, 1.54) is 36.3 Å². The van der Waals surface area contributed by atoms with Gasteiger partial charge in [-0.2, -0.15) is 0 Å². The van der Waals surface area contributed by atoms with Crippen molar-refractivity contribution in [3.8, 4) is 0 Å². The predicted octanol–water partition coefficient (Wildman–Crippen LogP) is 4.75. The molecule has 0 saturated carbocycles. The molecule has 3 nitrogen and oxygen atoms in total. The van der Waals surface area contributed by atoms with E-state index in [4.69, 9.17) is 12.3 Å². The fraction of sp³-hybridized carbons (Fsp3) is 1.00. The van der Waals surface area contributed by atoms with E-state index in [-0.39, 0.29) is 0 Å². The third-order valence-corrected chi connectivity index (χ3v) is 22.5. The number of hydrogen-bond acceptors (Lipinski definition) is 3. The maximum absolute atomic E-state index is 6.50. The van der Waals surface area contributed by atoms with Gasteiger partial charge in [0.15, 0.2) is 16.6 Å². The van der Waals surface area contributed by atoms with Crippen molar-refractivity contribution in [1.29, 1.82) is 0 Å². The van der Waals surface area contributed by atoms with Crippen LogP contribution in [0.25, 0.3) is 0 Å². The lowest BCUT2D eigenvalue weighted by Crippen LogP contribution is -2.47. The quantitative estimate of drug-likeness (QED) is 0.467. The highest BCUT2D eigenvalue weighted by atomic mass is 28.5. The van der Waals surface area contributed by atoms with Gasteiger partial charge in [-0.25, -0.2) is 0 Å². The van der Waals surface area contributed by atoms with Gasteiger partial charge in [0.1, 0.15) is 0 Å². The Labute approximate surface area is 138 Å². The molecule has 0 radical (unpaired) electrons. The summed E-state index contributed by atoms with van der Waals surface area (Å²) in [5.74, 6) is 0. The summed E-state index contributed by atoms with van der Waals surface area (Å²) in [4.78, 5) is 0. The van der Waals surface area contributed by atoms with Crippen LogP contribution in [0.15, 0.2) is 0 Å². The van der Waals surface area contributed by atoms with Crippen LogP contribution >= 0.6 is 0 Å². The summed E-state index contributed by atoms with van der Waals surface area (Å²) in [5, 5.41) is 0. The monoisotopic (exact) mass is 366 g/mol. The number of hydrogen-bond donors (Lipinski definition) is 0. The molecule has 2 atom stereocenters. The summed E-state index contributed by atoms with van der Waals surface area (Å²) >= 11 is 0. The Bertz CT molecular complexity index is 228. The average molecular weight is 367 g/mol. The van der Waals surface area contributed by atoms with Crippen LogP contribution < -0.4 is 0 Å². The van der Waals surface area contributed by atoms with Gasteiger partial charge in [0.05, 0.1) is 0 Å². The van der Waals surface area contributed by atoms with E-state index in [0.29, 0.717) is 0 Å². The highest BCUT2D eigenvalue weighted by Crippen LogP contribution is 2.25. The first-order chi connectivity index (χ1) is 9.86. The maximum Gasteiger partial charge on any atom is 0.298 e. The molecule has 128 valence electrons. The van der Waals surface area contributed by atoms with Gasteiger partial charge in [0.2, 0.25) is 0 Å². The molecule has 0 aromatic heterocycles. The van der Waals surface area contributed by atoms with Crippen LogP contribution in [0.5, 0.6) is 0 Å². The summed E-state index contributed by atoms with van der Waals surface area (Å²) in [6, 6.07) is 7.22. The summed E-state index contributed by atoms with van der Waals surface area (Å²) in [7, 11) is -6.11. The van der Waals surface area contributed by atoms with Crippen molar-refractivity contribution in [3.63, 3.8) is 0 Å². The van der Waals surface area contributed by atoms with Crippen LogP contribution in [0.3, 0.4) is 0 Å². The molecule has 2 unspecified atom stereocenters. The molecule has 0 rings (SSSR count). The molecule has 0 saturated heterocycles. The zero-order valence-corrected chi connectivity index (χ0v) is 19.9. The van der Waals surface area contributed by atoms with Gasteiger partial charge in [0.25, 0.3) is 18.6 Å². The zero-order chi connectivity index (χ0) is 16.5. The van der Waals surface area contributed by atoms with E-state index in [1.54, 1.807) is 0 Å². The molecule has 0 amide bonds. The topological polar surface area (TPSA) is 27.7 Å². The minimum atomic E-state index is -1.54. The second-order valence-electron chi connectivity index (χ2n) is 5.99. The van der Waals surface area contributed by atoms with Crippen molar-refractivity contribution in [2.45, 2.75) is 90.9 Å². The van der Waals surface area contributed by atoms with Gasteiger partial charge in [-0.05, 0) is 49.4 Å². The van der Waals surface area contributed by atoms with E-state index in [2.05, 4.69) is 54.6 Å². The van der Waals surface area contributed by atoms with Crippen molar-refractivity contribution in [2.24, 2.45) is 0 Å². The minimum absolute atomic E-state index is 1.20. The molecule has 0 heterocycles. The molecule has 0 aromatic carbocycles. The maximum atomic E-state index is 6.50. The van der Waals surface area contributed by atoms with E-state index in [1.807, 2.05) is 0 Å². The Balaban J connectivity index is 4.53. The lowest BCUT2D eigenvalue weighted by molar-refractivity contribution is 0.366. The SMILES string of the molecule is CC[Si](CC)(CC)O[SiH](C)O[SiH](C)O[Si](CC)(CC)CC. The molecule has 0 aliphatic rings.